The van der Waals surface area contributed by atoms with Gasteiger partial charge >= 0.3 is 0 Å². The maximum Gasteiger partial charge on any atom is 0.119 e. The van der Waals surface area contributed by atoms with E-state index in [1.165, 1.54) is 38.5 Å². The first kappa shape index (κ1) is 23.3. The van der Waals surface area contributed by atoms with E-state index in [0.717, 1.165) is 24.6 Å². The second-order valence-electron chi connectivity index (χ2n) is 9.08. The van der Waals surface area contributed by atoms with Gasteiger partial charge in [-0.25, -0.2) is 0 Å². The third kappa shape index (κ3) is 7.41. The van der Waals surface area contributed by atoms with Crippen LogP contribution in [0.1, 0.15) is 52.4 Å². The predicted octanol–water partition coefficient (Wildman–Crippen LogP) is 2.91. The number of hydrogen-bond acceptors (Lipinski definition) is 6. The van der Waals surface area contributed by atoms with Crippen LogP contribution in [-0.2, 0) is 0 Å². The molecule has 2 saturated heterocycles. The molecule has 6 heteroatoms. The number of likely N-dealkylation sites (tertiary alicyclic amines) is 2. The van der Waals surface area contributed by atoms with Gasteiger partial charge in [-0.3, -0.25) is 9.80 Å². The number of rotatable bonds is 10. The van der Waals surface area contributed by atoms with Crippen LogP contribution < -0.4 is 9.47 Å². The fraction of sp³-hybridized carbons (Fsp3) is 0.750. The SMILES string of the molecule is C[C@@H]1CCCCN1C[C@@H](O)COc1ccc(OC[C@@H](O)CN2CCCC[C@@H]2C)cc1. The molecule has 1 aromatic carbocycles. The van der Waals surface area contributed by atoms with Gasteiger partial charge in [-0.15, -0.1) is 0 Å². The zero-order valence-electron chi connectivity index (χ0n) is 18.7. The third-order valence-corrected chi connectivity index (χ3v) is 6.48. The van der Waals surface area contributed by atoms with E-state index in [2.05, 4.69) is 23.6 Å². The molecule has 0 spiro atoms. The molecule has 3 rings (SSSR count). The van der Waals surface area contributed by atoms with Crippen LogP contribution in [0, 0.1) is 0 Å². The predicted molar refractivity (Wildman–Crippen MR) is 119 cm³/mol. The zero-order valence-corrected chi connectivity index (χ0v) is 18.7. The summed E-state index contributed by atoms with van der Waals surface area (Å²) in [7, 11) is 0. The number of benzene rings is 1. The average molecular weight is 421 g/mol. The van der Waals surface area contributed by atoms with Crippen LogP contribution in [0.3, 0.4) is 0 Å². The number of aliphatic hydroxyl groups is 2. The molecule has 170 valence electrons. The summed E-state index contributed by atoms with van der Waals surface area (Å²) in [5.74, 6) is 1.44. The highest BCUT2D eigenvalue weighted by molar-refractivity contribution is 5.31. The Bertz CT molecular complexity index is 559. The first-order valence-electron chi connectivity index (χ1n) is 11.7. The quantitative estimate of drug-likeness (QED) is 0.607. The standard InChI is InChI=1S/C24H40N2O4/c1-19-7-3-5-13-25(19)15-21(27)17-29-23-9-11-24(12-10-23)30-18-22(28)16-26-14-6-4-8-20(26)2/h9-12,19-22,27-28H,3-8,13-18H2,1-2H3/t19-,20+,21-,22+. The Kier molecular flexibility index (Phi) is 9.25. The van der Waals surface area contributed by atoms with Gasteiger partial charge in [-0.2, -0.15) is 0 Å². The lowest BCUT2D eigenvalue weighted by molar-refractivity contribution is 0.0428. The molecule has 2 fully saturated rings. The van der Waals surface area contributed by atoms with Crippen molar-refractivity contribution in [2.45, 2.75) is 76.7 Å². The molecule has 2 heterocycles. The van der Waals surface area contributed by atoms with Crippen molar-refractivity contribution in [3.63, 3.8) is 0 Å². The number of hydrogen-bond donors (Lipinski definition) is 2. The minimum absolute atomic E-state index is 0.288. The summed E-state index contributed by atoms with van der Waals surface area (Å²) in [6, 6.07) is 8.49. The minimum Gasteiger partial charge on any atom is -0.491 e. The Labute approximate surface area is 181 Å². The topological polar surface area (TPSA) is 65.4 Å². The fourth-order valence-corrected chi connectivity index (χ4v) is 4.52. The summed E-state index contributed by atoms with van der Waals surface area (Å²) < 4.78 is 11.5. The Morgan fingerprint density at radius 3 is 1.53 bits per heavy atom. The van der Waals surface area contributed by atoms with Crippen molar-refractivity contribution in [1.29, 1.82) is 0 Å². The molecular formula is C24H40N2O4. The molecule has 1 aromatic rings. The van der Waals surface area contributed by atoms with Gasteiger partial charge in [0.25, 0.3) is 0 Å². The molecule has 2 N–H and O–H groups in total. The smallest absolute Gasteiger partial charge is 0.119 e. The number of aliphatic hydroxyl groups excluding tert-OH is 2. The van der Waals surface area contributed by atoms with E-state index in [4.69, 9.17) is 9.47 Å². The van der Waals surface area contributed by atoms with E-state index in [0.29, 0.717) is 25.2 Å². The van der Waals surface area contributed by atoms with Gasteiger partial charge in [0.15, 0.2) is 0 Å². The largest absolute Gasteiger partial charge is 0.491 e. The highest BCUT2D eigenvalue weighted by atomic mass is 16.5. The maximum absolute atomic E-state index is 10.3. The molecule has 0 amide bonds. The van der Waals surface area contributed by atoms with Crippen LogP contribution in [0.25, 0.3) is 0 Å². The molecular weight excluding hydrogens is 380 g/mol. The molecule has 0 aliphatic carbocycles. The minimum atomic E-state index is -0.492. The molecule has 4 atom stereocenters. The van der Waals surface area contributed by atoms with E-state index in [9.17, 15) is 10.2 Å². The fourth-order valence-electron chi connectivity index (χ4n) is 4.52. The van der Waals surface area contributed by atoms with Crippen molar-refractivity contribution in [3.05, 3.63) is 24.3 Å². The molecule has 0 aromatic heterocycles. The molecule has 6 nitrogen and oxygen atoms in total. The summed E-state index contributed by atoms with van der Waals surface area (Å²) >= 11 is 0. The van der Waals surface area contributed by atoms with Crippen LogP contribution in [0.5, 0.6) is 11.5 Å². The molecule has 30 heavy (non-hydrogen) atoms. The van der Waals surface area contributed by atoms with Gasteiger partial charge in [0.2, 0.25) is 0 Å². The second kappa shape index (κ2) is 11.9. The molecule has 2 aliphatic rings. The summed E-state index contributed by atoms with van der Waals surface area (Å²) in [5, 5.41) is 20.6. The van der Waals surface area contributed by atoms with Crippen LogP contribution in [0.2, 0.25) is 0 Å². The van der Waals surface area contributed by atoms with Crippen LogP contribution >= 0.6 is 0 Å². The molecule has 0 unspecified atom stereocenters. The van der Waals surface area contributed by atoms with Crippen molar-refractivity contribution < 1.29 is 19.7 Å². The Balaban J connectivity index is 1.35. The van der Waals surface area contributed by atoms with E-state index in [1.807, 2.05) is 24.3 Å². The van der Waals surface area contributed by atoms with Crippen molar-refractivity contribution in [2.75, 3.05) is 39.4 Å². The zero-order chi connectivity index (χ0) is 21.3. The Morgan fingerprint density at radius 2 is 1.17 bits per heavy atom. The van der Waals surface area contributed by atoms with E-state index in [-0.39, 0.29) is 13.2 Å². The second-order valence-corrected chi connectivity index (χ2v) is 9.08. The lowest BCUT2D eigenvalue weighted by Crippen LogP contribution is -2.43. The first-order valence-corrected chi connectivity index (χ1v) is 11.7. The Morgan fingerprint density at radius 1 is 0.767 bits per heavy atom. The van der Waals surface area contributed by atoms with Gasteiger partial charge in [0.05, 0.1) is 0 Å². The van der Waals surface area contributed by atoms with Gasteiger partial charge in [0, 0.05) is 25.2 Å². The van der Waals surface area contributed by atoms with Crippen LogP contribution in [0.4, 0.5) is 0 Å². The van der Waals surface area contributed by atoms with Crippen molar-refractivity contribution >= 4 is 0 Å². The van der Waals surface area contributed by atoms with Crippen molar-refractivity contribution in [1.82, 2.24) is 9.80 Å². The van der Waals surface area contributed by atoms with Crippen LogP contribution in [0.15, 0.2) is 24.3 Å². The van der Waals surface area contributed by atoms with Gasteiger partial charge in [-0.05, 0) is 76.9 Å². The van der Waals surface area contributed by atoms with Gasteiger partial charge in [0.1, 0.15) is 36.9 Å². The lowest BCUT2D eigenvalue weighted by Gasteiger charge is -2.34. The molecule has 0 bridgehead atoms. The highest BCUT2D eigenvalue weighted by Crippen LogP contribution is 2.20. The van der Waals surface area contributed by atoms with Gasteiger partial charge < -0.3 is 19.7 Å². The van der Waals surface area contributed by atoms with E-state index < -0.39 is 12.2 Å². The average Bonchev–Trinajstić information content (AvgIpc) is 2.75. The molecule has 2 aliphatic heterocycles. The van der Waals surface area contributed by atoms with Crippen molar-refractivity contribution in [2.24, 2.45) is 0 Å². The first-order chi connectivity index (χ1) is 14.5. The van der Waals surface area contributed by atoms with Gasteiger partial charge in [-0.1, -0.05) is 12.8 Å². The lowest BCUT2D eigenvalue weighted by atomic mass is 10.0. The maximum atomic E-state index is 10.3. The Hall–Kier alpha value is -1.34. The van der Waals surface area contributed by atoms with E-state index in [1.54, 1.807) is 0 Å². The highest BCUT2D eigenvalue weighted by Gasteiger charge is 2.22. The normalized spacial score (nSPS) is 25.6. The van der Waals surface area contributed by atoms with E-state index >= 15 is 0 Å². The van der Waals surface area contributed by atoms with Crippen molar-refractivity contribution in [3.8, 4) is 11.5 Å². The monoisotopic (exact) mass is 420 g/mol. The third-order valence-electron chi connectivity index (χ3n) is 6.48. The number of nitrogens with zero attached hydrogens (tertiary/aromatic N) is 2. The summed E-state index contributed by atoms with van der Waals surface area (Å²) in [5.41, 5.74) is 0. The molecule has 0 radical (unpaired) electrons. The number of ether oxygens (including phenoxy) is 2. The number of β-amino-alcohol motifs (C(OH)–C–C–N with tert-alkyl or cyclic N) is 2. The summed E-state index contributed by atoms with van der Waals surface area (Å²) in [6.45, 7) is 8.49. The number of piperidine rings is 2. The summed E-state index contributed by atoms with van der Waals surface area (Å²) in [6.07, 6.45) is 6.43. The van der Waals surface area contributed by atoms with Crippen LogP contribution in [-0.4, -0.2) is 83.7 Å². The molecule has 0 saturated carbocycles. The summed E-state index contributed by atoms with van der Waals surface area (Å²) in [4.78, 5) is 4.70.